The maximum Gasteiger partial charge on any atom is 0.255 e. The van der Waals surface area contributed by atoms with Crippen molar-refractivity contribution in [2.75, 3.05) is 19.4 Å². The van der Waals surface area contributed by atoms with Gasteiger partial charge >= 0.3 is 0 Å². The molecule has 5 rings (SSSR count). The van der Waals surface area contributed by atoms with E-state index in [1.165, 1.54) is 4.88 Å². The number of fused-ring (bicyclic) bond motifs is 1. The molecule has 0 aliphatic carbocycles. The van der Waals surface area contributed by atoms with Gasteiger partial charge in [-0.3, -0.25) is 9.69 Å². The molecule has 1 aliphatic heterocycles. The summed E-state index contributed by atoms with van der Waals surface area (Å²) in [6, 6.07) is 15.3. The number of nitrogens with one attached hydrogen (secondary N) is 1. The van der Waals surface area contributed by atoms with Crippen molar-refractivity contribution in [1.29, 1.82) is 0 Å². The molecule has 0 bridgehead atoms. The third-order valence-corrected chi connectivity index (χ3v) is 6.63. The number of hydrogen-bond donors (Lipinski definition) is 2. The number of H-pyrrole nitrogens is 1. The van der Waals surface area contributed by atoms with Crippen LogP contribution in [0.1, 0.15) is 16.1 Å². The summed E-state index contributed by atoms with van der Waals surface area (Å²) in [6.07, 6.45) is 2.66. The fourth-order valence-electron chi connectivity index (χ4n) is 3.86. The Bertz CT molecular complexity index is 1300. The highest BCUT2D eigenvalue weighted by atomic mass is 32.1. The highest BCUT2D eigenvalue weighted by molar-refractivity contribution is 7.15. The Morgan fingerprint density at radius 2 is 1.88 bits per heavy atom. The number of thiazole rings is 1. The summed E-state index contributed by atoms with van der Waals surface area (Å²) in [5.41, 5.74) is 9.92. The Labute approximate surface area is 189 Å². The second kappa shape index (κ2) is 8.57. The number of nitrogens with two attached hydrogens (primary N) is 1. The smallest absolute Gasteiger partial charge is 0.255 e. The molecular formula is C24H23N5O2S. The van der Waals surface area contributed by atoms with Gasteiger partial charge < -0.3 is 15.5 Å². The van der Waals surface area contributed by atoms with Gasteiger partial charge in [0, 0.05) is 53.9 Å². The van der Waals surface area contributed by atoms with E-state index >= 15 is 0 Å². The number of rotatable bonds is 5. The third kappa shape index (κ3) is 4.15. The van der Waals surface area contributed by atoms with Gasteiger partial charge in [-0.25, -0.2) is 9.97 Å². The lowest BCUT2D eigenvalue weighted by Crippen LogP contribution is -2.35. The Balaban J connectivity index is 1.31. The molecule has 0 unspecified atom stereocenters. The summed E-state index contributed by atoms with van der Waals surface area (Å²) in [7, 11) is 1.66. The summed E-state index contributed by atoms with van der Waals surface area (Å²) in [4.78, 5) is 28.5. The molecule has 2 aromatic heterocycles. The van der Waals surface area contributed by atoms with Gasteiger partial charge in [0.15, 0.2) is 0 Å². The van der Waals surface area contributed by atoms with Crippen molar-refractivity contribution in [2.45, 2.75) is 19.5 Å². The molecule has 0 saturated carbocycles. The van der Waals surface area contributed by atoms with Crippen LogP contribution >= 0.6 is 11.3 Å². The van der Waals surface area contributed by atoms with Crippen molar-refractivity contribution in [1.82, 2.24) is 19.9 Å². The lowest BCUT2D eigenvalue weighted by atomic mass is 10.1. The minimum Gasteiger partial charge on any atom is -0.497 e. The molecule has 3 N–H and O–H groups in total. The molecule has 32 heavy (non-hydrogen) atoms. The Morgan fingerprint density at radius 3 is 2.62 bits per heavy atom. The van der Waals surface area contributed by atoms with Crippen molar-refractivity contribution in [3.05, 3.63) is 81.2 Å². The number of nitrogen functional groups attached to an aromatic ring is 1. The first-order chi connectivity index (χ1) is 15.6. The SMILES string of the molecule is COc1ccc(-c2ncc(CN3CCc4nc(-c5ccc(N)cc5)[nH]c(=O)c4C3)s2)cc1. The number of aromatic nitrogens is 3. The standard InChI is InChI=1S/C24H23N5O2S/c1-31-18-8-4-16(5-9-18)24-26-12-19(32-24)13-29-11-10-21-20(14-29)23(30)28-22(27-21)15-2-6-17(25)7-3-15/h2-9,12H,10-11,13-14,25H2,1H3,(H,27,28,30). The molecule has 4 aromatic rings. The molecule has 162 valence electrons. The summed E-state index contributed by atoms with van der Waals surface area (Å²) < 4.78 is 5.22. The molecule has 8 heteroatoms. The monoisotopic (exact) mass is 445 g/mol. The van der Waals surface area contributed by atoms with Crippen LogP contribution < -0.4 is 16.0 Å². The predicted molar refractivity (Wildman–Crippen MR) is 127 cm³/mol. The van der Waals surface area contributed by atoms with Crippen LogP contribution in [0.2, 0.25) is 0 Å². The van der Waals surface area contributed by atoms with E-state index in [9.17, 15) is 4.79 Å². The van der Waals surface area contributed by atoms with Crippen molar-refractivity contribution in [3.8, 4) is 27.7 Å². The van der Waals surface area contributed by atoms with E-state index in [1.54, 1.807) is 18.4 Å². The predicted octanol–water partition coefficient (Wildman–Crippen LogP) is 3.71. The first-order valence-corrected chi connectivity index (χ1v) is 11.2. The molecule has 2 aromatic carbocycles. The summed E-state index contributed by atoms with van der Waals surface area (Å²) >= 11 is 1.67. The first kappa shape index (κ1) is 20.4. The number of methoxy groups -OCH3 is 1. The highest BCUT2D eigenvalue weighted by Gasteiger charge is 2.22. The Morgan fingerprint density at radius 1 is 1.12 bits per heavy atom. The van der Waals surface area contributed by atoms with Gasteiger partial charge in [-0.1, -0.05) is 0 Å². The molecule has 0 saturated heterocycles. The topological polar surface area (TPSA) is 97.1 Å². The molecule has 1 aliphatic rings. The third-order valence-electron chi connectivity index (χ3n) is 5.60. The first-order valence-electron chi connectivity index (χ1n) is 10.4. The average molecular weight is 446 g/mol. The molecule has 0 amide bonds. The maximum absolute atomic E-state index is 12.8. The van der Waals surface area contributed by atoms with Crippen LogP contribution in [0.25, 0.3) is 22.0 Å². The van der Waals surface area contributed by atoms with Crippen LogP contribution in [0.4, 0.5) is 5.69 Å². The number of anilines is 1. The van der Waals surface area contributed by atoms with Crippen LogP contribution in [0.15, 0.2) is 59.5 Å². The van der Waals surface area contributed by atoms with E-state index in [2.05, 4.69) is 14.9 Å². The normalized spacial score (nSPS) is 13.7. The zero-order chi connectivity index (χ0) is 22.1. The van der Waals surface area contributed by atoms with E-state index < -0.39 is 0 Å². The fraction of sp³-hybridized carbons (Fsp3) is 0.208. The minimum absolute atomic E-state index is 0.0743. The fourth-order valence-corrected chi connectivity index (χ4v) is 4.82. The lowest BCUT2D eigenvalue weighted by Gasteiger charge is -2.27. The van der Waals surface area contributed by atoms with Crippen molar-refractivity contribution >= 4 is 17.0 Å². The van der Waals surface area contributed by atoms with Crippen LogP contribution in [-0.4, -0.2) is 33.5 Å². The van der Waals surface area contributed by atoms with Crippen molar-refractivity contribution in [3.63, 3.8) is 0 Å². The molecular weight excluding hydrogens is 422 g/mol. The van der Waals surface area contributed by atoms with Gasteiger partial charge in [0.1, 0.15) is 16.6 Å². The van der Waals surface area contributed by atoms with Crippen LogP contribution in [0.3, 0.4) is 0 Å². The van der Waals surface area contributed by atoms with E-state index in [0.717, 1.165) is 52.7 Å². The number of aromatic amines is 1. The molecule has 7 nitrogen and oxygen atoms in total. The summed E-state index contributed by atoms with van der Waals surface area (Å²) in [6.45, 7) is 2.18. The summed E-state index contributed by atoms with van der Waals surface area (Å²) in [5, 5.41) is 0.979. The average Bonchev–Trinajstić information content (AvgIpc) is 3.28. The van der Waals surface area contributed by atoms with Crippen molar-refractivity contribution in [2.24, 2.45) is 0 Å². The maximum atomic E-state index is 12.8. The lowest BCUT2D eigenvalue weighted by molar-refractivity contribution is 0.244. The largest absolute Gasteiger partial charge is 0.497 e. The van der Waals surface area contributed by atoms with Crippen LogP contribution in [0.5, 0.6) is 5.75 Å². The second-order valence-electron chi connectivity index (χ2n) is 7.78. The van der Waals surface area contributed by atoms with E-state index in [4.69, 9.17) is 15.5 Å². The zero-order valence-electron chi connectivity index (χ0n) is 17.7. The van der Waals surface area contributed by atoms with Crippen LogP contribution in [0, 0.1) is 0 Å². The van der Waals surface area contributed by atoms with Gasteiger partial charge in [-0.2, -0.15) is 0 Å². The summed E-state index contributed by atoms with van der Waals surface area (Å²) in [5.74, 6) is 1.42. The second-order valence-corrected chi connectivity index (χ2v) is 8.90. The zero-order valence-corrected chi connectivity index (χ0v) is 18.5. The number of benzene rings is 2. The number of hydrogen-bond acceptors (Lipinski definition) is 7. The van der Waals surface area contributed by atoms with Gasteiger partial charge in [-0.05, 0) is 48.5 Å². The Hall–Kier alpha value is -3.49. The Kier molecular flexibility index (Phi) is 5.46. The van der Waals surface area contributed by atoms with Gasteiger partial charge in [-0.15, -0.1) is 11.3 Å². The number of ether oxygens (including phenoxy) is 1. The van der Waals surface area contributed by atoms with Gasteiger partial charge in [0.25, 0.3) is 5.56 Å². The molecule has 0 radical (unpaired) electrons. The molecule has 0 fully saturated rings. The van der Waals surface area contributed by atoms with Crippen LogP contribution in [-0.2, 0) is 19.5 Å². The van der Waals surface area contributed by atoms with Gasteiger partial charge in [0.05, 0.1) is 18.4 Å². The van der Waals surface area contributed by atoms with Gasteiger partial charge in [0.2, 0.25) is 0 Å². The van der Waals surface area contributed by atoms with E-state index in [0.29, 0.717) is 18.1 Å². The molecule has 0 spiro atoms. The molecule has 3 heterocycles. The number of nitrogens with zero attached hydrogens (tertiary/aromatic N) is 3. The quantitative estimate of drug-likeness (QED) is 0.455. The minimum atomic E-state index is -0.0743. The van der Waals surface area contributed by atoms with E-state index in [1.807, 2.05) is 54.7 Å². The molecule has 0 atom stereocenters. The van der Waals surface area contributed by atoms with E-state index in [-0.39, 0.29) is 5.56 Å². The highest BCUT2D eigenvalue weighted by Crippen LogP contribution is 2.28. The van der Waals surface area contributed by atoms with Crippen molar-refractivity contribution < 1.29 is 4.74 Å².